The van der Waals surface area contributed by atoms with Gasteiger partial charge in [0.15, 0.2) is 5.78 Å². The van der Waals surface area contributed by atoms with Crippen molar-refractivity contribution >= 4 is 41.2 Å². The van der Waals surface area contributed by atoms with E-state index in [2.05, 4.69) is 82.6 Å². The van der Waals surface area contributed by atoms with E-state index in [-0.39, 0.29) is 23.6 Å². The Kier molecular flexibility index (Phi) is 24.5. The molecule has 0 fully saturated rings. The van der Waals surface area contributed by atoms with Gasteiger partial charge in [0, 0.05) is 36.6 Å². The molecule has 0 aliphatic heterocycles. The minimum atomic E-state index is 0.114. The third-order valence-corrected chi connectivity index (χ3v) is 8.48. The van der Waals surface area contributed by atoms with Crippen molar-refractivity contribution in [3.63, 3.8) is 0 Å². The number of nitrogens with zero attached hydrogens (tertiary/aromatic N) is 10. The van der Waals surface area contributed by atoms with Crippen LogP contribution in [0.1, 0.15) is 129 Å². The lowest BCUT2D eigenvalue weighted by molar-refractivity contribution is -0.112. The molecule has 0 saturated carbocycles. The molecular formula is C45H63B3N12O. The number of benzene rings is 1. The van der Waals surface area contributed by atoms with Crippen LogP contribution in [0.4, 0.5) is 11.9 Å². The Bertz CT molecular complexity index is 2050. The number of allylic oxidation sites excluding steroid dienone is 4. The first-order chi connectivity index (χ1) is 29.2. The first-order valence-electron chi connectivity index (χ1n) is 20.9. The van der Waals surface area contributed by atoms with Crippen LogP contribution in [0.2, 0.25) is 0 Å². The second-order valence-corrected chi connectivity index (χ2v) is 13.5. The van der Waals surface area contributed by atoms with Gasteiger partial charge in [0.1, 0.15) is 5.82 Å². The monoisotopic (exact) mass is 821 g/mol. The molecule has 16 heteroatoms. The number of aryl methyl sites for hydroxylation is 5. The predicted molar refractivity (Wildman–Crippen MR) is 250 cm³/mol. The maximum absolute atomic E-state index is 11.7. The van der Waals surface area contributed by atoms with Crippen molar-refractivity contribution in [1.82, 2.24) is 50.5 Å². The number of anilines is 2. The number of carbonyl (C=O) groups is 1. The topological polar surface area (TPSA) is 198 Å². The molecule has 1 aliphatic carbocycles. The van der Waals surface area contributed by atoms with Gasteiger partial charge in [-0.1, -0.05) is 83.0 Å². The van der Waals surface area contributed by atoms with Gasteiger partial charge in [-0.15, -0.1) is 25.5 Å². The summed E-state index contributed by atoms with van der Waals surface area (Å²) in [7, 11) is 17.0. The number of pyridine rings is 1. The van der Waals surface area contributed by atoms with Crippen LogP contribution in [-0.4, -0.2) is 79.9 Å². The summed E-state index contributed by atoms with van der Waals surface area (Å²) >= 11 is 0. The van der Waals surface area contributed by atoms with Crippen LogP contribution in [0.3, 0.4) is 0 Å². The molecule has 0 amide bonds. The minimum absolute atomic E-state index is 0.114. The van der Waals surface area contributed by atoms with Crippen molar-refractivity contribution in [2.45, 2.75) is 128 Å². The van der Waals surface area contributed by atoms with Gasteiger partial charge < -0.3 is 11.5 Å². The van der Waals surface area contributed by atoms with Crippen molar-refractivity contribution < 1.29 is 4.79 Å². The van der Waals surface area contributed by atoms with E-state index < -0.39 is 0 Å². The Morgan fingerprint density at radius 3 is 1.31 bits per heavy atom. The summed E-state index contributed by atoms with van der Waals surface area (Å²) in [4.78, 5) is 28.5. The zero-order valence-corrected chi connectivity index (χ0v) is 38.6. The minimum Gasteiger partial charge on any atom is -0.366 e. The number of Topliss-reactive ketones (excluding diaryl/α,β-unsaturated/α-hetero) is 1. The second kappa shape index (κ2) is 28.0. The number of ketones is 1. The van der Waals surface area contributed by atoms with Gasteiger partial charge in [-0.3, -0.25) is 9.78 Å². The van der Waals surface area contributed by atoms with Crippen LogP contribution in [0.15, 0.2) is 53.6 Å². The molecule has 5 aromatic rings. The fraction of sp³-hybridized carbons (Fsp3) is 0.444. The lowest BCUT2D eigenvalue weighted by Crippen LogP contribution is -2.15. The fourth-order valence-corrected chi connectivity index (χ4v) is 6.26. The summed E-state index contributed by atoms with van der Waals surface area (Å²) in [6.45, 7) is 25.6. The number of hydrogen-bond donors (Lipinski definition) is 2. The Morgan fingerprint density at radius 2 is 0.885 bits per heavy atom. The van der Waals surface area contributed by atoms with Gasteiger partial charge in [-0.25, -0.2) is 15.0 Å². The Morgan fingerprint density at radius 1 is 0.492 bits per heavy atom. The fourth-order valence-electron chi connectivity index (χ4n) is 6.26. The average molecular weight is 821 g/mol. The number of carbonyl (C=O) groups excluding carboxylic acids is 1. The highest BCUT2D eigenvalue weighted by molar-refractivity contribution is 6.09. The molecule has 61 heavy (non-hydrogen) atoms. The summed E-state index contributed by atoms with van der Waals surface area (Å²) < 4.78 is 0. The molecule has 6 radical (unpaired) electrons. The standard InChI is InChI=1S/C14H16BN3O.C13H15BN4.C12H14BN5.3C2H6/c1-8-4-11(5-9(2)14(8)19)6-12-13(7-15)16-10(3)17-18-12;1-8-3-9(2)5-10(4-8)6-11-12(7-14)16-13(15)18-17-11;1-7-3-9(4-8(2)15-7)5-10-11(6-13)16-12(14)18-17-10;3*1-2/h4-5,11H,6-7H2,1-3H3;3-5H,6-7H2,1-2H3,(H2,15,16,18);3-4H,5-6H2,1-2H3,(H2,14,16,18);3*1-2H3. The van der Waals surface area contributed by atoms with Crippen molar-refractivity contribution in [3.05, 3.63) is 127 Å². The second-order valence-electron chi connectivity index (χ2n) is 13.5. The molecule has 13 nitrogen and oxygen atoms in total. The van der Waals surface area contributed by atoms with Crippen LogP contribution < -0.4 is 11.5 Å². The molecule has 4 N–H and O–H groups in total. The summed E-state index contributed by atoms with van der Waals surface area (Å²) in [6.07, 6.45) is 6.90. The third kappa shape index (κ3) is 17.8. The Hall–Kier alpha value is -5.66. The maximum Gasteiger partial charge on any atom is 0.240 e. The first-order valence-corrected chi connectivity index (χ1v) is 20.9. The number of rotatable bonds is 9. The zero-order valence-electron chi connectivity index (χ0n) is 38.6. The molecule has 4 heterocycles. The summed E-state index contributed by atoms with van der Waals surface area (Å²) in [5.41, 5.74) is 23.8. The van der Waals surface area contributed by atoms with E-state index in [0.717, 1.165) is 50.9 Å². The summed E-state index contributed by atoms with van der Waals surface area (Å²) in [5.74, 6) is 1.22. The number of aromatic nitrogens is 10. The van der Waals surface area contributed by atoms with Crippen molar-refractivity contribution in [3.8, 4) is 0 Å². The normalized spacial score (nSPS) is 11.6. The van der Waals surface area contributed by atoms with Crippen molar-refractivity contribution in [1.29, 1.82) is 0 Å². The zero-order chi connectivity index (χ0) is 46.2. The quantitative estimate of drug-likeness (QED) is 0.151. The molecular weight excluding hydrogens is 757 g/mol. The molecule has 0 bridgehead atoms. The van der Waals surface area contributed by atoms with Crippen LogP contribution in [0.5, 0.6) is 0 Å². The predicted octanol–water partition coefficient (Wildman–Crippen LogP) is 6.62. The molecule has 1 aliphatic rings. The van der Waals surface area contributed by atoms with E-state index in [1.165, 1.54) is 16.7 Å². The molecule has 1 aromatic carbocycles. The Balaban J connectivity index is 0.000000430. The third-order valence-electron chi connectivity index (χ3n) is 8.48. The van der Waals surface area contributed by atoms with Crippen LogP contribution in [-0.2, 0) is 43.0 Å². The first kappa shape index (κ1) is 53.4. The number of nitrogens with two attached hydrogens (primary N) is 2. The highest BCUT2D eigenvalue weighted by atomic mass is 16.1. The smallest absolute Gasteiger partial charge is 0.240 e. The molecule has 4 aromatic heterocycles. The van der Waals surface area contributed by atoms with Crippen LogP contribution in [0.25, 0.3) is 0 Å². The van der Waals surface area contributed by atoms with Gasteiger partial charge in [0.2, 0.25) is 11.9 Å². The molecule has 0 atom stereocenters. The molecule has 0 saturated heterocycles. The molecule has 0 unspecified atom stereocenters. The van der Waals surface area contributed by atoms with E-state index in [9.17, 15) is 4.79 Å². The SMILES string of the molecule is CC.CC.CC.[B]Cc1nc(C)nnc1CC1C=C(C)C(=O)C(C)=C1.[B]Cc1nc(N)nnc1Cc1cc(C)cc(C)c1.[B]Cc1nc(N)nnc1Cc1cc(C)nc(C)c1. The van der Waals surface area contributed by atoms with E-state index in [1.807, 2.05) is 93.5 Å². The van der Waals surface area contributed by atoms with Gasteiger partial charge in [-0.2, -0.15) is 5.10 Å². The Labute approximate surface area is 368 Å². The summed E-state index contributed by atoms with van der Waals surface area (Å²) in [5, 5.41) is 23.9. The van der Waals surface area contributed by atoms with Crippen LogP contribution in [0, 0.1) is 40.5 Å². The van der Waals surface area contributed by atoms with Crippen molar-refractivity contribution in [2.75, 3.05) is 11.5 Å². The van der Waals surface area contributed by atoms with Gasteiger partial charge in [0.05, 0.1) is 57.7 Å². The summed E-state index contributed by atoms with van der Waals surface area (Å²) in [6, 6.07) is 10.4. The average Bonchev–Trinajstić information content (AvgIpc) is 3.23. The molecule has 318 valence electrons. The molecule has 6 rings (SSSR count). The van der Waals surface area contributed by atoms with Crippen LogP contribution >= 0.6 is 0 Å². The highest BCUT2D eigenvalue weighted by Gasteiger charge is 2.19. The van der Waals surface area contributed by atoms with E-state index in [4.69, 9.17) is 35.0 Å². The van der Waals surface area contributed by atoms with Gasteiger partial charge in [0.25, 0.3) is 0 Å². The van der Waals surface area contributed by atoms with Gasteiger partial charge >= 0.3 is 0 Å². The van der Waals surface area contributed by atoms with E-state index in [1.54, 1.807) is 6.92 Å². The maximum atomic E-state index is 11.7. The van der Waals surface area contributed by atoms with E-state index >= 15 is 0 Å². The molecule has 0 spiro atoms. The number of hydrogen-bond acceptors (Lipinski definition) is 13. The largest absolute Gasteiger partial charge is 0.366 e. The highest BCUT2D eigenvalue weighted by Crippen LogP contribution is 2.22. The number of nitrogen functional groups attached to an aromatic ring is 2. The van der Waals surface area contributed by atoms with E-state index in [0.29, 0.717) is 55.4 Å². The van der Waals surface area contributed by atoms with Crippen molar-refractivity contribution in [2.24, 2.45) is 5.92 Å². The van der Waals surface area contributed by atoms with Gasteiger partial charge in [-0.05, 0) is 102 Å². The lowest BCUT2D eigenvalue weighted by Gasteiger charge is -2.16. The lowest BCUT2D eigenvalue weighted by atomic mass is 9.88.